The molecule has 1 aliphatic carbocycles. The number of halogens is 1. The van der Waals surface area contributed by atoms with E-state index in [4.69, 9.17) is 11.6 Å². The summed E-state index contributed by atoms with van der Waals surface area (Å²) < 4.78 is 0.694. The van der Waals surface area contributed by atoms with Gasteiger partial charge in [-0.3, -0.25) is 4.79 Å². The third kappa shape index (κ3) is 3.49. The van der Waals surface area contributed by atoms with Gasteiger partial charge in [0.25, 0.3) is 0 Å². The molecule has 0 spiro atoms. The van der Waals surface area contributed by atoms with Gasteiger partial charge >= 0.3 is 0 Å². The highest BCUT2D eigenvalue weighted by Crippen LogP contribution is 2.30. The number of nitrogens with one attached hydrogen (secondary N) is 2. The van der Waals surface area contributed by atoms with Crippen LogP contribution in [0.3, 0.4) is 0 Å². The Bertz CT molecular complexity index is 607. The average molecular weight is 308 g/mol. The second-order valence-electron chi connectivity index (χ2n) is 4.75. The minimum Gasteiger partial charge on any atom is -0.379 e. The minimum absolute atomic E-state index is 0.128. The van der Waals surface area contributed by atoms with Crippen molar-refractivity contribution in [2.45, 2.75) is 19.4 Å². The summed E-state index contributed by atoms with van der Waals surface area (Å²) in [5.41, 5.74) is 1.82. The molecule has 6 heteroatoms. The van der Waals surface area contributed by atoms with E-state index in [2.05, 4.69) is 15.6 Å². The highest BCUT2D eigenvalue weighted by Gasteiger charge is 2.29. The molecule has 0 bridgehead atoms. The summed E-state index contributed by atoms with van der Waals surface area (Å²) in [4.78, 5) is 15.8. The maximum Gasteiger partial charge on any atom is 0.227 e. The topological polar surface area (TPSA) is 54.0 Å². The number of hydrogen-bond acceptors (Lipinski definition) is 4. The fourth-order valence-electron chi connectivity index (χ4n) is 1.81. The Morgan fingerprint density at radius 2 is 2.00 bits per heavy atom. The Kier molecular flexibility index (Phi) is 3.89. The highest BCUT2D eigenvalue weighted by atomic mass is 35.5. The monoisotopic (exact) mass is 307 g/mol. The Morgan fingerprint density at radius 3 is 2.60 bits per heavy atom. The molecule has 1 fully saturated rings. The van der Waals surface area contributed by atoms with Crippen molar-refractivity contribution in [2.24, 2.45) is 5.92 Å². The van der Waals surface area contributed by atoms with Gasteiger partial charge in [-0.2, -0.15) is 0 Å². The number of nitrogens with zero attached hydrogens (tertiary/aromatic N) is 1. The molecular formula is C14H14ClN3OS. The molecule has 1 amide bonds. The molecule has 1 heterocycles. The second kappa shape index (κ2) is 5.81. The minimum atomic E-state index is 0.128. The van der Waals surface area contributed by atoms with E-state index in [1.165, 1.54) is 11.3 Å². The van der Waals surface area contributed by atoms with Crippen LogP contribution in [0.4, 0.5) is 11.4 Å². The standard InChI is InChI=1S/C14H14ClN3OS/c15-12-7-17-13(20-12)8-16-10-3-5-11(6-4-10)18-14(19)9-1-2-9/h3-7,9,16H,1-2,8H2,(H,18,19). The van der Waals surface area contributed by atoms with E-state index < -0.39 is 0 Å². The molecule has 1 aromatic carbocycles. The van der Waals surface area contributed by atoms with E-state index >= 15 is 0 Å². The molecule has 0 radical (unpaired) electrons. The van der Waals surface area contributed by atoms with Crippen LogP contribution in [-0.4, -0.2) is 10.9 Å². The number of carbonyl (C=O) groups excluding carboxylic acids is 1. The number of thiazole rings is 1. The van der Waals surface area contributed by atoms with Gasteiger partial charge in [0.15, 0.2) is 0 Å². The van der Waals surface area contributed by atoms with Gasteiger partial charge in [-0.25, -0.2) is 4.98 Å². The smallest absolute Gasteiger partial charge is 0.227 e. The van der Waals surface area contributed by atoms with E-state index in [1.54, 1.807) is 6.20 Å². The number of carbonyl (C=O) groups is 1. The van der Waals surface area contributed by atoms with E-state index in [0.717, 1.165) is 29.2 Å². The van der Waals surface area contributed by atoms with Crippen LogP contribution in [0.1, 0.15) is 17.8 Å². The van der Waals surface area contributed by atoms with Crippen molar-refractivity contribution < 1.29 is 4.79 Å². The van der Waals surface area contributed by atoms with Gasteiger partial charge in [0.1, 0.15) is 9.34 Å². The van der Waals surface area contributed by atoms with Crippen LogP contribution < -0.4 is 10.6 Å². The van der Waals surface area contributed by atoms with E-state index in [-0.39, 0.29) is 11.8 Å². The summed E-state index contributed by atoms with van der Waals surface area (Å²) in [5.74, 6) is 0.352. The van der Waals surface area contributed by atoms with Crippen molar-refractivity contribution >= 4 is 40.2 Å². The lowest BCUT2D eigenvalue weighted by Gasteiger charge is -2.07. The first-order valence-corrected chi connectivity index (χ1v) is 7.65. The maximum absolute atomic E-state index is 11.6. The van der Waals surface area contributed by atoms with Gasteiger partial charge in [-0.15, -0.1) is 11.3 Å². The summed E-state index contributed by atoms with van der Waals surface area (Å²) >= 11 is 7.29. The molecule has 104 valence electrons. The highest BCUT2D eigenvalue weighted by molar-refractivity contribution is 7.15. The second-order valence-corrected chi connectivity index (χ2v) is 6.50. The zero-order chi connectivity index (χ0) is 13.9. The Balaban J connectivity index is 1.54. The Morgan fingerprint density at radius 1 is 1.30 bits per heavy atom. The molecule has 1 saturated carbocycles. The number of anilines is 2. The van der Waals surface area contributed by atoms with E-state index in [9.17, 15) is 4.79 Å². The molecule has 0 aliphatic heterocycles. The zero-order valence-corrected chi connectivity index (χ0v) is 12.3. The summed E-state index contributed by atoms with van der Waals surface area (Å²) in [5, 5.41) is 7.13. The molecule has 4 nitrogen and oxygen atoms in total. The van der Waals surface area contributed by atoms with Crippen LogP contribution in [0.15, 0.2) is 30.5 Å². The molecule has 0 unspecified atom stereocenters. The van der Waals surface area contributed by atoms with Crippen LogP contribution >= 0.6 is 22.9 Å². The number of amides is 1. The zero-order valence-electron chi connectivity index (χ0n) is 10.7. The number of rotatable bonds is 5. The number of benzene rings is 1. The quantitative estimate of drug-likeness (QED) is 0.884. The van der Waals surface area contributed by atoms with Gasteiger partial charge in [-0.1, -0.05) is 11.6 Å². The van der Waals surface area contributed by atoms with E-state index in [0.29, 0.717) is 10.9 Å². The lowest BCUT2D eigenvalue weighted by atomic mass is 10.2. The lowest BCUT2D eigenvalue weighted by molar-refractivity contribution is -0.117. The van der Waals surface area contributed by atoms with Gasteiger partial charge in [0.05, 0.1) is 12.7 Å². The van der Waals surface area contributed by atoms with Gasteiger partial charge in [0.2, 0.25) is 5.91 Å². The van der Waals surface area contributed by atoms with Crippen molar-refractivity contribution in [3.8, 4) is 0 Å². The normalized spacial score (nSPS) is 14.1. The van der Waals surface area contributed by atoms with Gasteiger partial charge < -0.3 is 10.6 Å². The van der Waals surface area contributed by atoms with Crippen LogP contribution in [0.5, 0.6) is 0 Å². The van der Waals surface area contributed by atoms with Crippen LogP contribution in [0, 0.1) is 5.92 Å². The molecule has 0 atom stereocenters. The van der Waals surface area contributed by atoms with Crippen molar-refractivity contribution in [3.63, 3.8) is 0 Å². The van der Waals surface area contributed by atoms with Gasteiger partial charge in [-0.05, 0) is 37.1 Å². The first-order valence-electron chi connectivity index (χ1n) is 6.46. The third-order valence-electron chi connectivity index (χ3n) is 3.07. The van der Waals surface area contributed by atoms with Gasteiger partial charge in [0, 0.05) is 17.3 Å². The number of aromatic nitrogens is 1. The SMILES string of the molecule is O=C(Nc1ccc(NCc2ncc(Cl)s2)cc1)C1CC1. The molecule has 1 aliphatic rings. The number of hydrogen-bond donors (Lipinski definition) is 2. The average Bonchev–Trinajstić information content (AvgIpc) is 3.22. The largest absolute Gasteiger partial charge is 0.379 e. The third-order valence-corrected chi connectivity index (χ3v) is 4.18. The van der Waals surface area contributed by atoms with E-state index in [1.807, 2.05) is 24.3 Å². The predicted octanol–water partition coefficient (Wildman–Crippen LogP) is 3.76. The molecule has 0 saturated heterocycles. The lowest BCUT2D eigenvalue weighted by Crippen LogP contribution is -2.13. The fraction of sp³-hybridized carbons (Fsp3) is 0.286. The summed E-state index contributed by atoms with van der Waals surface area (Å²) in [6.45, 7) is 0.644. The predicted molar refractivity (Wildman–Crippen MR) is 82.2 cm³/mol. The summed E-state index contributed by atoms with van der Waals surface area (Å²) in [6.07, 6.45) is 3.68. The molecule has 2 aromatic rings. The van der Waals surface area contributed by atoms with Crippen molar-refractivity contribution in [1.29, 1.82) is 0 Å². The molecular weight excluding hydrogens is 294 g/mol. The van der Waals surface area contributed by atoms with Crippen molar-refractivity contribution in [1.82, 2.24) is 4.98 Å². The first-order chi connectivity index (χ1) is 9.70. The van der Waals surface area contributed by atoms with Crippen molar-refractivity contribution in [3.05, 3.63) is 39.8 Å². The molecule has 2 N–H and O–H groups in total. The fourth-order valence-corrected chi connectivity index (χ4v) is 2.70. The molecule has 1 aromatic heterocycles. The molecule has 20 heavy (non-hydrogen) atoms. The molecule has 3 rings (SSSR count). The van der Waals surface area contributed by atoms with Crippen LogP contribution in [0.2, 0.25) is 4.34 Å². The van der Waals surface area contributed by atoms with Crippen molar-refractivity contribution in [2.75, 3.05) is 10.6 Å². The first kappa shape index (κ1) is 13.4. The Hall–Kier alpha value is -1.59. The Labute approximate surface area is 126 Å². The summed E-state index contributed by atoms with van der Waals surface area (Å²) in [7, 11) is 0. The summed E-state index contributed by atoms with van der Waals surface area (Å²) in [6, 6.07) is 7.68. The maximum atomic E-state index is 11.6. The van der Waals surface area contributed by atoms with Crippen LogP contribution in [-0.2, 0) is 11.3 Å². The van der Waals surface area contributed by atoms with Crippen LogP contribution in [0.25, 0.3) is 0 Å².